The number of carbonyl (C=O) groups excluding carboxylic acids is 1. The molecule has 8 heteroatoms. The molecule has 0 aliphatic rings. The van der Waals surface area contributed by atoms with Crippen LogP contribution in [-0.4, -0.2) is 12.5 Å². The molecule has 4 nitrogen and oxygen atoms in total. The zero-order valence-electron chi connectivity index (χ0n) is 15.0. The van der Waals surface area contributed by atoms with E-state index >= 15 is 0 Å². The summed E-state index contributed by atoms with van der Waals surface area (Å²) in [5.74, 6) is 0.0822. The molecule has 0 aliphatic heterocycles. The Balaban J connectivity index is 1.54. The Bertz CT molecular complexity index is 1030. The van der Waals surface area contributed by atoms with Gasteiger partial charge < -0.3 is 15.4 Å². The largest absolute Gasteiger partial charge is 0.482 e. The van der Waals surface area contributed by atoms with Crippen LogP contribution < -0.4 is 15.4 Å². The Hall–Kier alpha value is -2.11. The second kappa shape index (κ2) is 10.1. The summed E-state index contributed by atoms with van der Waals surface area (Å²) in [5.41, 5.74) is 2.30. The van der Waals surface area contributed by atoms with Gasteiger partial charge in [-0.05, 0) is 48.0 Å². The summed E-state index contributed by atoms with van der Waals surface area (Å²) in [4.78, 5) is 12.1. The van der Waals surface area contributed by atoms with Gasteiger partial charge in [0, 0.05) is 12.2 Å². The first-order chi connectivity index (χ1) is 13.9. The van der Waals surface area contributed by atoms with Crippen molar-refractivity contribution >= 4 is 63.7 Å². The quantitative estimate of drug-likeness (QED) is 0.394. The van der Waals surface area contributed by atoms with Crippen LogP contribution in [0.5, 0.6) is 5.75 Å². The molecule has 0 unspecified atom stereocenters. The molecule has 1 amide bonds. The molecule has 3 aromatic rings. The maximum atomic E-state index is 12.1. The third-order valence-corrected chi connectivity index (χ3v) is 5.28. The Morgan fingerprint density at radius 3 is 2.34 bits per heavy atom. The molecule has 29 heavy (non-hydrogen) atoms. The molecular formula is C21H16Cl4N2O2. The maximum absolute atomic E-state index is 12.1. The summed E-state index contributed by atoms with van der Waals surface area (Å²) in [5, 5.41) is 7.77. The van der Waals surface area contributed by atoms with Gasteiger partial charge in [0.1, 0.15) is 5.75 Å². The van der Waals surface area contributed by atoms with Crippen LogP contribution in [0.25, 0.3) is 0 Å². The van der Waals surface area contributed by atoms with Gasteiger partial charge in [-0.2, -0.15) is 0 Å². The van der Waals surface area contributed by atoms with Gasteiger partial charge in [0.25, 0.3) is 5.91 Å². The van der Waals surface area contributed by atoms with Crippen LogP contribution in [0.1, 0.15) is 5.56 Å². The summed E-state index contributed by atoms with van der Waals surface area (Å²) in [6.07, 6.45) is 0. The van der Waals surface area contributed by atoms with E-state index in [0.29, 0.717) is 38.1 Å². The lowest BCUT2D eigenvalue weighted by Crippen LogP contribution is -2.20. The van der Waals surface area contributed by atoms with Gasteiger partial charge in [0.2, 0.25) is 0 Å². The van der Waals surface area contributed by atoms with Gasteiger partial charge in [0.05, 0.1) is 25.8 Å². The van der Waals surface area contributed by atoms with E-state index in [1.807, 2.05) is 12.1 Å². The van der Waals surface area contributed by atoms with Crippen molar-refractivity contribution in [2.24, 2.45) is 0 Å². The van der Waals surface area contributed by atoms with Crippen molar-refractivity contribution in [3.05, 3.63) is 86.3 Å². The lowest BCUT2D eigenvalue weighted by atomic mass is 10.2. The summed E-state index contributed by atoms with van der Waals surface area (Å²) in [6.45, 7) is 0.344. The lowest BCUT2D eigenvalue weighted by Gasteiger charge is -2.12. The van der Waals surface area contributed by atoms with Gasteiger partial charge in [-0.3, -0.25) is 4.79 Å². The van der Waals surface area contributed by atoms with Crippen molar-refractivity contribution in [2.45, 2.75) is 6.54 Å². The van der Waals surface area contributed by atoms with Crippen molar-refractivity contribution in [2.75, 3.05) is 17.2 Å². The summed E-state index contributed by atoms with van der Waals surface area (Å²) in [6, 6.07) is 17.6. The average molecular weight is 470 g/mol. The van der Waals surface area contributed by atoms with Crippen molar-refractivity contribution in [1.29, 1.82) is 0 Å². The van der Waals surface area contributed by atoms with Crippen LogP contribution in [0.3, 0.4) is 0 Å². The summed E-state index contributed by atoms with van der Waals surface area (Å²) < 4.78 is 5.52. The van der Waals surface area contributed by atoms with E-state index in [0.717, 1.165) is 11.3 Å². The van der Waals surface area contributed by atoms with Gasteiger partial charge in [-0.15, -0.1) is 0 Å². The van der Waals surface area contributed by atoms with Crippen LogP contribution >= 0.6 is 46.4 Å². The first-order valence-corrected chi connectivity index (χ1v) is 10.1. The molecule has 0 spiro atoms. The van der Waals surface area contributed by atoms with Crippen LogP contribution in [0, 0.1) is 0 Å². The lowest BCUT2D eigenvalue weighted by molar-refractivity contribution is -0.118. The third-order valence-electron chi connectivity index (χ3n) is 3.92. The fourth-order valence-corrected chi connectivity index (χ4v) is 3.21. The van der Waals surface area contributed by atoms with E-state index in [2.05, 4.69) is 10.6 Å². The average Bonchev–Trinajstić information content (AvgIpc) is 2.70. The highest BCUT2D eigenvalue weighted by Crippen LogP contribution is 2.28. The molecule has 0 aromatic heterocycles. The molecule has 0 fully saturated rings. The molecular weight excluding hydrogens is 454 g/mol. The molecule has 0 aliphatic carbocycles. The fraction of sp³-hybridized carbons (Fsp3) is 0.0952. The Labute approximate surface area is 188 Å². The molecule has 0 saturated carbocycles. The molecule has 0 atom stereocenters. The minimum absolute atomic E-state index is 0.189. The molecule has 0 heterocycles. The first kappa shape index (κ1) is 21.6. The molecule has 0 bridgehead atoms. The monoisotopic (exact) mass is 468 g/mol. The number of nitrogens with one attached hydrogen (secondary N) is 2. The second-order valence-electron chi connectivity index (χ2n) is 6.06. The van der Waals surface area contributed by atoms with Crippen LogP contribution in [-0.2, 0) is 11.3 Å². The minimum atomic E-state index is -0.334. The topological polar surface area (TPSA) is 50.4 Å². The molecule has 3 rings (SSSR count). The number of benzene rings is 3. The van der Waals surface area contributed by atoms with Crippen molar-refractivity contribution in [1.82, 2.24) is 0 Å². The number of amides is 1. The number of halogens is 4. The zero-order valence-corrected chi connectivity index (χ0v) is 18.0. The van der Waals surface area contributed by atoms with Crippen molar-refractivity contribution < 1.29 is 9.53 Å². The van der Waals surface area contributed by atoms with E-state index in [9.17, 15) is 4.79 Å². The van der Waals surface area contributed by atoms with Crippen LogP contribution in [0.15, 0.2) is 60.7 Å². The highest BCUT2D eigenvalue weighted by Gasteiger charge is 2.09. The number of para-hydroxylation sites is 1. The number of hydrogen-bond acceptors (Lipinski definition) is 3. The smallest absolute Gasteiger partial charge is 0.262 e. The van der Waals surface area contributed by atoms with Gasteiger partial charge >= 0.3 is 0 Å². The normalized spacial score (nSPS) is 10.5. The van der Waals surface area contributed by atoms with E-state index < -0.39 is 0 Å². The molecule has 0 radical (unpaired) electrons. The highest BCUT2D eigenvalue weighted by atomic mass is 35.5. The SMILES string of the molecule is O=C(COc1ccc(CNc2ccc(Cl)c(Cl)c2)cc1Cl)Nc1ccccc1Cl. The van der Waals surface area contributed by atoms with E-state index in [-0.39, 0.29) is 12.5 Å². The first-order valence-electron chi connectivity index (χ1n) is 8.57. The Morgan fingerprint density at radius 2 is 1.62 bits per heavy atom. The van der Waals surface area contributed by atoms with E-state index in [1.54, 1.807) is 48.5 Å². The molecule has 150 valence electrons. The summed E-state index contributed by atoms with van der Waals surface area (Å²) in [7, 11) is 0. The number of carbonyl (C=O) groups is 1. The fourth-order valence-electron chi connectivity index (χ4n) is 2.47. The van der Waals surface area contributed by atoms with Gasteiger partial charge in [0.15, 0.2) is 6.61 Å². The number of hydrogen-bond donors (Lipinski definition) is 2. The molecule has 3 aromatic carbocycles. The predicted octanol–water partition coefficient (Wildman–Crippen LogP) is 6.93. The van der Waals surface area contributed by atoms with Gasteiger partial charge in [-0.25, -0.2) is 0 Å². The second-order valence-corrected chi connectivity index (χ2v) is 7.69. The number of ether oxygens (including phenoxy) is 1. The number of rotatable bonds is 7. The number of anilines is 2. The standard InChI is InChI=1S/C21H16Cl4N2O2/c22-15-7-6-14(10-17(15)24)26-11-13-5-8-20(18(25)9-13)29-12-21(28)27-19-4-2-1-3-16(19)23/h1-10,26H,11-12H2,(H,27,28). The molecule has 0 saturated heterocycles. The minimum Gasteiger partial charge on any atom is -0.482 e. The third kappa shape index (κ3) is 6.18. The van der Waals surface area contributed by atoms with Crippen molar-refractivity contribution in [3.63, 3.8) is 0 Å². The van der Waals surface area contributed by atoms with Crippen LogP contribution in [0.4, 0.5) is 11.4 Å². The van der Waals surface area contributed by atoms with Crippen LogP contribution in [0.2, 0.25) is 20.1 Å². The Kier molecular flexibility index (Phi) is 7.51. The van der Waals surface area contributed by atoms with E-state index in [4.69, 9.17) is 51.1 Å². The maximum Gasteiger partial charge on any atom is 0.262 e. The van der Waals surface area contributed by atoms with Crippen molar-refractivity contribution in [3.8, 4) is 5.75 Å². The summed E-state index contributed by atoms with van der Waals surface area (Å²) >= 11 is 24.2. The van der Waals surface area contributed by atoms with Gasteiger partial charge in [-0.1, -0.05) is 64.6 Å². The Morgan fingerprint density at radius 1 is 0.828 bits per heavy atom. The zero-order chi connectivity index (χ0) is 20.8. The molecule has 2 N–H and O–H groups in total. The highest BCUT2D eigenvalue weighted by molar-refractivity contribution is 6.42. The van der Waals surface area contributed by atoms with E-state index in [1.165, 1.54) is 0 Å². The predicted molar refractivity (Wildman–Crippen MR) is 121 cm³/mol.